The average molecular weight is 503 g/mol. The fourth-order valence-electron chi connectivity index (χ4n) is 4.20. The normalized spacial score (nSPS) is 14.0. The van der Waals surface area contributed by atoms with Gasteiger partial charge < -0.3 is 14.9 Å². The summed E-state index contributed by atoms with van der Waals surface area (Å²) in [5, 5.41) is 9.41. The van der Waals surface area contributed by atoms with E-state index in [4.69, 9.17) is 16.7 Å². The van der Waals surface area contributed by atoms with Crippen molar-refractivity contribution in [3.8, 4) is 11.1 Å². The number of rotatable bonds is 7. The number of aliphatic carboxylic acids is 1. The van der Waals surface area contributed by atoms with Crippen molar-refractivity contribution >= 4 is 23.6 Å². The van der Waals surface area contributed by atoms with Crippen LogP contribution in [0.15, 0.2) is 66.7 Å². The fraction of sp³-hybridized carbons (Fsp3) is 0.231. The average Bonchev–Trinajstić information content (AvgIpc) is 3.12. The molecular formula is C26H22ClF3N2O3. The van der Waals surface area contributed by atoms with Crippen LogP contribution < -0.4 is 0 Å². The van der Waals surface area contributed by atoms with Crippen LogP contribution in [-0.4, -0.2) is 40.0 Å². The van der Waals surface area contributed by atoms with Crippen LogP contribution in [0.3, 0.4) is 0 Å². The summed E-state index contributed by atoms with van der Waals surface area (Å²) in [6.45, 7) is 1.23. The molecule has 0 aromatic heterocycles. The van der Waals surface area contributed by atoms with Gasteiger partial charge in [0.15, 0.2) is 0 Å². The van der Waals surface area contributed by atoms with Crippen molar-refractivity contribution < 1.29 is 27.9 Å². The molecule has 4 rings (SSSR count). The zero-order chi connectivity index (χ0) is 25.2. The molecular weight excluding hydrogens is 481 g/mol. The van der Waals surface area contributed by atoms with Gasteiger partial charge in [0.25, 0.3) is 0 Å². The lowest BCUT2D eigenvalue weighted by molar-refractivity contribution is -0.138. The SMILES string of the molecule is O=C(O)Cc1cc(Cl)cc(-c2ccc(C(F)(F)F)cc2CN2CCN(Cc3ccccc3)C2=O)c1. The highest BCUT2D eigenvalue weighted by atomic mass is 35.5. The topological polar surface area (TPSA) is 60.9 Å². The second-order valence-corrected chi connectivity index (χ2v) is 8.84. The lowest BCUT2D eigenvalue weighted by atomic mass is 9.95. The van der Waals surface area contributed by atoms with Crippen LogP contribution in [0.5, 0.6) is 0 Å². The molecule has 182 valence electrons. The standard InChI is InChI=1S/C26H22ClF3N2O3/c27-22-11-18(12-24(33)34)10-19(14-22)23-7-6-21(26(28,29)30)13-20(23)16-32-9-8-31(25(32)35)15-17-4-2-1-3-5-17/h1-7,10-11,13-14H,8-9,12,15-16H2,(H,33,34). The Morgan fingerprint density at radius 2 is 1.60 bits per heavy atom. The van der Waals surface area contributed by atoms with Gasteiger partial charge in [-0.1, -0.05) is 54.1 Å². The number of amides is 2. The number of hydrogen-bond donors (Lipinski definition) is 1. The summed E-state index contributed by atoms with van der Waals surface area (Å²) in [5.41, 5.74) is 1.83. The Kier molecular flexibility index (Phi) is 7.03. The fourth-order valence-corrected chi connectivity index (χ4v) is 4.46. The van der Waals surface area contributed by atoms with Gasteiger partial charge in [-0.15, -0.1) is 0 Å². The molecule has 0 aliphatic carbocycles. The Balaban J connectivity index is 1.65. The number of alkyl halides is 3. The van der Waals surface area contributed by atoms with E-state index in [0.717, 1.165) is 17.7 Å². The van der Waals surface area contributed by atoms with E-state index in [-0.39, 0.29) is 24.0 Å². The summed E-state index contributed by atoms with van der Waals surface area (Å²) in [6.07, 6.45) is -4.83. The third-order valence-electron chi connectivity index (χ3n) is 5.81. The Morgan fingerprint density at radius 3 is 2.26 bits per heavy atom. The first-order valence-corrected chi connectivity index (χ1v) is 11.3. The lowest BCUT2D eigenvalue weighted by Crippen LogP contribution is -2.31. The summed E-state index contributed by atoms with van der Waals surface area (Å²) < 4.78 is 40.5. The van der Waals surface area contributed by atoms with Crippen LogP contribution in [0, 0.1) is 0 Å². The Morgan fingerprint density at radius 1 is 0.914 bits per heavy atom. The first-order chi connectivity index (χ1) is 16.6. The second-order valence-electron chi connectivity index (χ2n) is 8.40. The van der Waals surface area contributed by atoms with E-state index in [1.54, 1.807) is 17.0 Å². The van der Waals surface area contributed by atoms with E-state index in [0.29, 0.717) is 41.9 Å². The van der Waals surface area contributed by atoms with Crippen molar-refractivity contribution in [1.29, 1.82) is 0 Å². The van der Waals surface area contributed by atoms with Crippen LogP contribution in [0.25, 0.3) is 11.1 Å². The van der Waals surface area contributed by atoms with Gasteiger partial charge in [-0.2, -0.15) is 13.2 Å². The molecule has 35 heavy (non-hydrogen) atoms. The zero-order valence-electron chi connectivity index (χ0n) is 18.6. The second kappa shape index (κ2) is 10.00. The number of benzene rings is 3. The predicted molar refractivity (Wildman–Crippen MR) is 126 cm³/mol. The molecule has 3 aromatic rings. The first-order valence-electron chi connectivity index (χ1n) is 10.9. The smallest absolute Gasteiger partial charge is 0.416 e. The molecule has 5 nitrogen and oxygen atoms in total. The van der Waals surface area contributed by atoms with E-state index in [9.17, 15) is 22.8 Å². The predicted octanol–water partition coefficient (Wildman–Crippen LogP) is 6.09. The maximum atomic E-state index is 13.5. The number of urea groups is 1. The van der Waals surface area contributed by atoms with E-state index in [1.165, 1.54) is 17.0 Å². The highest BCUT2D eigenvalue weighted by Gasteiger charge is 2.33. The van der Waals surface area contributed by atoms with E-state index >= 15 is 0 Å². The molecule has 0 saturated carbocycles. The number of carboxylic acids is 1. The van der Waals surface area contributed by atoms with E-state index in [2.05, 4.69) is 0 Å². The number of carbonyl (C=O) groups excluding carboxylic acids is 1. The Hall–Kier alpha value is -3.52. The van der Waals surface area contributed by atoms with Gasteiger partial charge in [-0.05, 0) is 52.1 Å². The highest BCUT2D eigenvalue weighted by molar-refractivity contribution is 6.31. The number of carbonyl (C=O) groups is 2. The Labute approximate surface area is 205 Å². The van der Waals surface area contributed by atoms with Crippen LogP contribution >= 0.6 is 11.6 Å². The molecule has 0 radical (unpaired) electrons. The molecule has 1 N–H and O–H groups in total. The molecule has 1 heterocycles. The molecule has 3 aromatic carbocycles. The molecule has 1 fully saturated rings. The first kappa shape index (κ1) is 24.6. The molecule has 0 spiro atoms. The minimum atomic E-state index is -4.55. The lowest BCUT2D eigenvalue weighted by Gasteiger charge is -2.21. The summed E-state index contributed by atoms with van der Waals surface area (Å²) in [4.78, 5) is 27.4. The summed E-state index contributed by atoms with van der Waals surface area (Å²) >= 11 is 6.19. The molecule has 1 aliphatic rings. The summed E-state index contributed by atoms with van der Waals surface area (Å²) in [5.74, 6) is -1.05. The van der Waals surface area contributed by atoms with Crippen molar-refractivity contribution in [3.63, 3.8) is 0 Å². The van der Waals surface area contributed by atoms with Crippen LogP contribution in [-0.2, 0) is 30.5 Å². The molecule has 0 atom stereocenters. The molecule has 0 bridgehead atoms. The highest BCUT2D eigenvalue weighted by Crippen LogP contribution is 2.35. The summed E-state index contributed by atoms with van der Waals surface area (Å²) in [7, 11) is 0. The van der Waals surface area contributed by atoms with Gasteiger partial charge in [0.1, 0.15) is 0 Å². The number of carboxylic acid groups (broad SMARTS) is 1. The maximum absolute atomic E-state index is 13.5. The van der Waals surface area contributed by atoms with Gasteiger partial charge in [-0.25, -0.2) is 4.79 Å². The maximum Gasteiger partial charge on any atom is 0.416 e. The van der Waals surface area contributed by atoms with Crippen molar-refractivity contribution in [3.05, 3.63) is 94.0 Å². The van der Waals surface area contributed by atoms with Crippen molar-refractivity contribution in [2.75, 3.05) is 13.1 Å². The molecule has 2 amide bonds. The third kappa shape index (κ3) is 5.95. The van der Waals surface area contributed by atoms with Gasteiger partial charge >= 0.3 is 18.2 Å². The monoisotopic (exact) mass is 502 g/mol. The van der Waals surface area contributed by atoms with Crippen molar-refractivity contribution in [2.24, 2.45) is 0 Å². The number of nitrogens with zero attached hydrogens (tertiary/aromatic N) is 2. The van der Waals surface area contributed by atoms with Gasteiger partial charge in [0, 0.05) is 31.2 Å². The van der Waals surface area contributed by atoms with Crippen LogP contribution in [0.1, 0.15) is 22.3 Å². The van der Waals surface area contributed by atoms with Gasteiger partial charge in [0.2, 0.25) is 0 Å². The van der Waals surface area contributed by atoms with Crippen LogP contribution in [0.2, 0.25) is 5.02 Å². The van der Waals surface area contributed by atoms with Gasteiger partial charge in [-0.3, -0.25) is 4.79 Å². The zero-order valence-corrected chi connectivity index (χ0v) is 19.3. The largest absolute Gasteiger partial charge is 0.481 e. The molecule has 1 saturated heterocycles. The quantitative estimate of drug-likeness (QED) is 0.425. The summed E-state index contributed by atoms with van der Waals surface area (Å²) in [6, 6.07) is 17.3. The molecule has 9 heteroatoms. The van der Waals surface area contributed by atoms with Crippen molar-refractivity contribution in [2.45, 2.75) is 25.7 Å². The Bertz CT molecular complexity index is 1250. The van der Waals surface area contributed by atoms with E-state index < -0.39 is 17.7 Å². The van der Waals surface area contributed by atoms with Gasteiger partial charge in [0.05, 0.1) is 12.0 Å². The molecule has 1 aliphatic heterocycles. The number of hydrogen-bond acceptors (Lipinski definition) is 2. The minimum absolute atomic E-state index is 0.0237. The third-order valence-corrected chi connectivity index (χ3v) is 6.03. The minimum Gasteiger partial charge on any atom is -0.481 e. The van der Waals surface area contributed by atoms with E-state index in [1.807, 2.05) is 30.3 Å². The molecule has 0 unspecified atom stereocenters. The van der Waals surface area contributed by atoms with Crippen LogP contribution in [0.4, 0.5) is 18.0 Å². The number of halogens is 4. The van der Waals surface area contributed by atoms with Crippen molar-refractivity contribution in [1.82, 2.24) is 9.80 Å².